The number of pyridine rings is 2. The normalized spacial score (nSPS) is 16.1. The van der Waals surface area contributed by atoms with Crippen LogP contribution in [0.3, 0.4) is 0 Å². The number of amides is 2. The number of ether oxygens (including phenoxy) is 1. The fraction of sp³-hybridized carbons (Fsp3) is 0.385. The van der Waals surface area contributed by atoms with Crippen molar-refractivity contribution in [1.82, 2.24) is 19.8 Å². The fourth-order valence-electron chi connectivity index (χ4n) is 5.24. The van der Waals surface area contributed by atoms with Crippen molar-refractivity contribution in [2.45, 2.75) is 11.8 Å². The van der Waals surface area contributed by atoms with Crippen LogP contribution in [-0.2, 0) is 20.2 Å². The number of hydrogen-bond acceptors (Lipinski definition) is 8. The van der Waals surface area contributed by atoms with Gasteiger partial charge in [0.15, 0.2) is 0 Å². The van der Waals surface area contributed by atoms with E-state index in [9.17, 15) is 23.1 Å². The van der Waals surface area contributed by atoms with Crippen LogP contribution >= 0.6 is 0 Å². The topological polar surface area (TPSA) is 145 Å². The number of aromatic nitrogens is 2. The van der Waals surface area contributed by atoms with Crippen LogP contribution in [0.2, 0.25) is 0 Å². The molecule has 206 valence electrons. The number of carbonyl (C=O) groups excluding carboxylic acids is 1. The predicted octanol–water partition coefficient (Wildman–Crippen LogP) is 2.21. The first-order valence-corrected chi connectivity index (χ1v) is 14.2. The molecule has 0 unspecified atom stereocenters. The molecule has 2 aliphatic heterocycles. The van der Waals surface area contributed by atoms with E-state index < -0.39 is 21.5 Å². The van der Waals surface area contributed by atoms with E-state index in [1.54, 1.807) is 25.5 Å². The molecule has 3 aromatic rings. The first-order valence-electron chi connectivity index (χ1n) is 12.3. The number of hydrogen-bond donors (Lipinski definition) is 2. The summed E-state index contributed by atoms with van der Waals surface area (Å²) in [5, 5.41) is 10.2. The minimum atomic E-state index is -3.60. The first-order chi connectivity index (χ1) is 18.4. The number of carbonyl (C=O) groups is 2. The fourth-order valence-corrected chi connectivity index (χ4v) is 5.78. The molecule has 1 aromatic carbocycles. The highest BCUT2D eigenvalue weighted by molar-refractivity contribution is 7.92. The Bertz CT molecular complexity index is 1590. The molecule has 12 nitrogen and oxygen atoms in total. The summed E-state index contributed by atoms with van der Waals surface area (Å²) in [6.45, 7) is 1.33. The van der Waals surface area contributed by atoms with E-state index in [0.717, 1.165) is 35.7 Å². The largest absolute Gasteiger partial charge is 0.476 e. The maximum atomic E-state index is 13.3. The average molecular weight is 555 g/mol. The van der Waals surface area contributed by atoms with Gasteiger partial charge in [-0.1, -0.05) is 6.07 Å². The van der Waals surface area contributed by atoms with Crippen LogP contribution in [0.1, 0.15) is 12.0 Å². The summed E-state index contributed by atoms with van der Waals surface area (Å²) in [5.41, 5.74) is 2.68. The highest BCUT2D eigenvalue weighted by atomic mass is 32.2. The second kappa shape index (κ2) is 9.65. The van der Waals surface area contributed by atoms with Crippen LogP contribution in [0.15, 0.2) is 36.7 Å². The third-order valence-corrected chi connectivity index (χ3v) is 7.65. The van der Waals surface area contributed by atoms with Crippen molar-refractivity contribution in [3.8, 4) is 17.0 Å². The Morgan fingerprint density at radius 2 is 1.92 bits per heavy atom. The summed E-state index contributed by atoms with van der Waals surface area (Å²) in [5.74, 6) is 0.0208. The van der Waals surface area contributed by atoms with Gasteiger partial charge in [-0.3, -0.25) is 14.5 Å². The van der Waals surface area contributed by atoms with Crippen LogP contribution in [0.5, 0.6) is 5.88 Å². The molecular formula is C26H30N6O6S. The second-order valence-corrected chi connectivity index (χ2v) is 12.0. The van der Waals surface area contributed by atoms with Crippen LogP contribution in [0.4, 0.5) is 16.2 Å². The van der Waals surface area contributed by atoms with Crippen LogP contribution in [0, 0.1) is 0 Å². The Kier molecular flexibility index (Phi) is 6.59. The van der Waals surface area contributed by atoms with Gasteiger partial charge in [0, 0.05) is 49.4 Å². The number of anilines is 2. The van der Waals surface area contributed by atoms with E-state index in [1.807, 2.05) is 37.2 Å². The van der Waals surface area contributed by atoms with Gasteiger partial charge in [0.25, 0.3) is 0 Å². The van der Waals surface area contributed by atoms with Crippen molar-refractivity contribution in [2.75, 3.05) is 63.3 Å². The molecule has 2 aromatic heterocycles. The number of likely N-dealkylation sites (tertiary alicyclic amines) is 1. The van der Waals surface area contributed by atoms with Crippen molar-refractivity contribution < 1.29 is 27.9 Å². The lowest BCUT2D eigenvalue weighted by Crippen LogP contribution is -2.64. The molecule has 0 aliphatic carbocycles. The molecule has 2 N–H and O–H groups in total. The van der Waals surface area contributed by atoms with Crippen LogP contribution in [0.25, 0.3) is 22.0 Å². The van der Waals surface area contributed by atoms with E-state index in [0.29, 0.717) is 23.4 Å². The molecule has 0 bridgehead atoms. The molecule has 4 heterocycles. The standard InChI is InChI=1S/C26H30N6O6S/c1-30(2)8-5-9-38-23-20(29-39(4,36)37)11-17(12-28-23)16-6-7-19-18(10-16)22-21(13-27-19)31(3)24(33)26(22)14-32(15-26)25(34)35/h6-7,10-13,29H,5,8-9,14-15H2,1-4H3,(H,34,35). The smallest absolute Gasteiger partial charge is 0.407 e. The van der Waals surface area contributed by atoms with E-state index in [2.05, 4.69) is 14.7 Å². The third-order valence-electron chi connectivity index (χ3n) is 7.06. The quantitative estimate of drug-likeness (QED) is 0.400. The van der Waals surface area contributed by atoms with Gasteiger partial charge in [0.05, 0.1) is 30.3 Å². The van der Waals surface area contributed by atoms with Gasteiger partial charge < -0.3 is 24.5 Å². The van der Waals surface area contributed by atoms with Crippen molar-refractivity contribution in [3.05, 3.63) is 42.2 Å². The van der Waals surface area contributed by atoms with Gasteiger partial charge in [-0.2, -0.15) is 0 Å². The monoisotopic (exact) mass is 554 g/mol. The molecule has 1 fully saturated rings. The lowest BCUT2D eigenvalue weighted by atomic mass is 9.73. The zero-order chi connectivity index (χ0) is 28.1. The molecule has 0 atom stereocenters. The molecule has 2 aliphatic rings. The van der Waals surface area contributed by atoms with Gasteiger partial charge in [0.1, 0.15) is 11.1 Å². The van der Waals surface area contributed by atoms with Crippen molar-refractivity contribution >= 4 is 44.3 Å². The Morgan fingerprint density at radius 1 is 1.18 bits per heavy atom. The molecule has 0 radical (unpaired) electrons. The molecule has 13 heteroatoms. The van der Waals surface area contributed by atoms with E-state index in [-0.39, 0.29) is 30.6 Å². The van der Waals surface area contributed by atoms with Gasteiger partial charge in [0.2, 0.25) is 21.8 Å². The Labute approximate surface area is 226 Å². The maximum absolute atomic E-state index is 13.3. The van der Waals surface area contributed by atoms with Gasteiger partial charge in [-0.05, 0) is 44.3 Å². The average Bonchev–Trinajstić information content (AvgIpc) is 3.07. The van der Waals surface area contributed by atoms with Crippen LogP contribution < -0.4 is 14.4 Å². The number of likely N-dealkylation sites (N-methyl/N-ethyl adjacent to an activating group) is 1. The minimum absolute atomic E-state index is 0.0751. The SMILES string of the molecule is CN(C)CCCOc1ncc(-c2ccc3ncc4c(c3c2)C2(CN(C(=O)O)C2)C(=O)N4C)cc1NS(C)(=O)=O. The lowest BCUT2D eigenvalue weighted by Gasteiger charge is -2.45. The molecule has 1 saturated heterocycles. The summed E-state index contributed by atoms with van der Waals surface area (Å²) >= 11 is 0. The number of nitrogens with one attached hydrogen (secondary N) is 1. The molecular weight excluding hydrogens is 524 g/mol. The van der Waals surface area contributed by atoms with Crippen molar-refractivity contribution in [1.29, 1.82) is 0 Å². The number of carboxylic acid groups (broad SMARTS) is 1. The van der Waals surface area contributed by atoms with E-state index >= 15 is 0 Å². The van der Waals surface area contributed by atoms with E-state index in [4.69, 9.17) is 4.74 Å². The number of nitrogens with zero attached hydrogens (tertiary/aromatic N) is 5. The summed E-state index contributed by atoms with van der Waals surface area (Å²) in [7, 11) is 1.98. The zero-order valence-electron chi connectivity index (χ0n) is 22.1. The number of fused-ring (bicyclic) bond motifs is 4. The molecule has 5 rings (SSSR count). The predicted molar refractivity (Wildman–Crippen MR) is 147 cm³/mol. The van der Waals surface area contributed by atoms with Gasteiger partial charge >= 0.3 is 6.09 Å². The number of rotatable bonds is 8. The summed E-state index contributed by atoms with van der Waals surface area (Å²) < 4.78 is 32.4. The number of sulfonamides is 1. The number of benzene rings is 1. The first kappa shape index (κ1) is 26.6. The summed E-state index contributed by atoms with van der Waals surface area (Å²) in [6.07, 6.45) is 3.99. The molecule has 2 amide bonds. The lowest BCUT2D eigenvalue weighted by molar-refractivity contribution is -0.127. The second-order valence-electron chi connectivity index (χ2n) is 10.3. The minimum Gasteiger partial charge on any atom is -0.476 e. The maximum Gasteiger partial charge on any atom is 0.407 e. The zero-order valence-corrected chi connectivity index (χ0v) is 22.9. The highest BCUT2D eigenvalue weighted by Crippen LogP contribution is 2.49. The van der Waals surface area contributed by atoms with Crippen LogP contribution in [-0.4, -0.2) is 98.9 Å². The Hall–Kier alpha value is -3.97. The highest BCUT2D eigenvalue weighted by Gasteiger charge is 2.59. The summed E-state index contributed by atoms with van der Waals surface area (Å²) in [4.78, 5) is 38.5. The van der Waals surface area contributed by atoms with Gasteiger partial charge in [-0.25, -0.2) is 18.2 Å². The Morgan fingerprint density at radius 3 is 2.59 bits per heavy atom. The van der Waals surface area contributed by atoms with Crippen molar-refractivity contribution in [2.24, 2.45) is 0 Å². The van der Waals surface area contributed by atoms with Gasteiger partial charge in [-0.15, -0.1) is 0 Å². The van der Waals surface area contributed by atoms with E-state index in [1.165, 1.54) is 9.80 Å². The molecule has 39 heavy (non-hydrogen) atoms. The van der Waals surface area contributed by atoms with Crippen molar-refractivity contribution in [3.63, 3.8) is 0 Å². The third kappa shape index (κ3) is 4.83. The molecule has 0 saturated carbocycles. The Balaban J connectivity index is 1.55. The summed E-state index contributed by atoms with van der Waals surface area (Å²) in [6, 6.07) is 7.22. The molecule has 1 spiro atoms.